The summed E-state index contributed by atoms with van der Waals surface area (Å²) >= 11 is 1.32. The van der Waals surface area contributed by atoms with Gasteiger partial charge in [-0.3, -0.25) is 9.59 Å². The molecule has 0 saturated carbocycles. The number of ether oxygens (including phenoxy) is 3. The van der Waals surface area contributed by atoms with Crippen molar-refractivity contribution in [2.45, 2.75) is 19.8 Å². The van der Waals surface area contributed by atoms with Crippen molar-refractivity contribution in [2.75, 3.05) is 33.9 Å². The highest BCUT2D eigenvalue weighted by atomic mass is 32.2. The highest BCUT2D eigenvalue weighted by molar-refractivity contribution is 8.18. The van der Waals surface area contributed by atoms with Crippen molar-refractivity contribution in [3.8, 4) is 11.5 Å². The quantitative estimate of drug-likeness (QED) is 0.551. The van der Waals surface area contributed by atoms with E-state index >= 15 is 0 Å². The Morgan fingerprint density at radius 1 is 1.36 bits per heavy atom. The number of hydrogen-bond acceptors (Lipinski definition) is 7. The first kappa shape index (κ1) is 20.3. The molecule has 2 aliphatic heterocycles. The second kappa shape index (κ2) is 9.14. The minimum atomic E-state index is -0.281. The number of aliphatic imine (C=N–C) groups is 1. The minimum Gasteiger partial charge on any atom is -0.497 e. The van der Waals surface area contributed by atoms with Crippen molar-refractivity contribution in [3.63, 3.8) is 0 Å². The average molecular weight is 404 g/mol. The fourth-order valence-corrected chi connectivity index (χ4v) is 4.15. The molecule has 1 aromatic rings. The molecule has 3 rings (SSSR count). The molecule has 0 N–H and O–H groups in total. The van der Waals surface area contributed by atoms with Crippen LogP contribution in [0.1, 0.15) is 25.3 Å². The third-order valence-electron chi connectivity index (χ3n) is 4.65. The number of thioether (sulfide) groups is 1. The van der Waals surface area contributed by atoms with E-state index in [0.29, 0.717) is 34.7 Å². The third kappa shape index (κ3) is 4.49. The number of piperidine rings is 1. The molecule has 2 aliphatic rings. The Hall–Kier alpha value is -2.48. The molecule has 1 aromatic carbocycles. The van der Waals surface area contributed by atoms with Crippen LogP contribution < -0.4 is 9.47 Å². The normalized spacial score (nSPS) is 20.9. The van der Waals surface area contributed by atoms with Crippen LogP contribution in [-0.4, -0.2) is 55.9 Å². The van der Waals surface area contributed by atoms with E-state index in [1.165, 1.54) is 11.8 Å². The van der Waals surface area contributed by atoms with E-state index in [-0.39, 0.29) is 17.8 Å². The zero-order valence-electron chi connectivity index (χ0n) is 16.3. The Labute approximate surface area is 168 Å². The molecule has 0 radical (unpaired) electrons. The molecule has 8 heteroatoms. The summed E-state index contributed by atoms with van der Waals surface area (Å²) in [6, 6.07) is 5.43. The van der Waals surface area contributed by atoms with Gasteiger partial charge in [0.15, 0.2) is 5.17 Å². The predicted molar refractivity (Wildman–Crippen MR) is 108 cm³/mol. The lowest BCUT2D eigenvalue weighted by atomic mass is 9.99. The third-order valence-corrected chi connectivity index (χ3v) is 5.69. The number of esters is 1. The van der Waals surface area contributed by atoms with Crippen molar-refractivity contribution in [1.29, 1.82) is 0 Å². The predicted octanol–water partition coefficient (Wildman–Crippen LogP) is 2.95. The smallest absolute Gasteiger partial charge is 0.310 e. The van der Waals surface area contributed by atoms with E-state index in [1.807, 2.05) is 17.0 Å². The number of hydrogen-bond donors (Lipinski definition) is 0. The number of methoxy groups -OCH3 is 2. The van der Waals surface area contributed by atoms with E-state index in [2.05, 4.69) is 4.99 Å². The van der Waals surface area contributed by atoms with Crippen molar-refractivity contribution >= 4 is 34.9 Å². The largest absolute Gasteiger partial charge is 0.497 e. The summed E-state index contributed by atoms with van der Waals surface area (Å²) in [4.78, 5) is 31.2. The molecule has 0 aliphatic carbocycles. The van der Waals surface area contributed by atoms with Crippen LogP contribution in [-0.2, 0) is 14.3 Å². The van der Waals surface area contributed by atoms with Gasteiger partial charge in [0, 0.05) is 24.7 Å². The van der Waals surface area contributed by atoms with Crippen molar-refractivity contribution in [2.24, 2.45) is 10.9 Å². The lowest BCUT2D eigenvalue weighted by Crippen LogP contribution is -2.41. The van der Waals surface area contributed by atoms with Gasteiger partial charge in [-0.2, -0.15) is 4.99 Å². The maximum atomic E-state index is 12.4. The van der Waals surface area contributed by atoms with Crippen LogP contribution >= 0.6 is 11.8 Å². The minimum absolute atomic E-state index is 0.179. The Balaban J connectivity index is 1.73. The first-order valence-corrected chi connectivity index (χ1v) is 10.0. The lowest BCUT2D eigenvalue weighted by Gasteiger charge is -2.32. The van der Waals surface area contributed by atoms with Crippen LogP contribution in [0.2, 0.25) is 0 Å². The van der Waals surface area contributed by atoms with Crippen LogP contribution in [0.5, 0.6) is 11.5 Å². The molecule has 1 fully saturated rings. The molecule has 7 nitrogen and oxygen atoms in total. The number of carbonyl (C=O) groups excluding carboxylic acids is 2. The SMILES string of the molecule is CCOC(=O)[C@@H]1CCCN(C2=NC(=O)/C(=C/c3ccc(OC)cc3OC)S2)C1. The molecule has 0 spiro atoms. The van der Waals surface area contributed by atoms with Crippen LogP contribution in [0.3, 0.4) is 0 Å². The van der Waals surface area contributed by atoms with Gasteiger partial charge in [0.25, 0.3) is 5.91 Å². The Morgan fingerprint density at radius 2 is 2.18 bits per heavy atom. The molecule has 0 bridgehead atoms. The van der Waals surface area contributed by atoms with Crippen LogP contribution in [0.4, 0.5) is 0 Å². The number of amidine groups is 1. The van der Waals surface area contributed by atoms with Gasteiger partial charge in [-0.05, 0) is 49.7 Å². The van der Waals surface area contributed by atoms with Gasteiger partial charge in [0.1, 0.15) is 11.5 Å². The number of rotatable bonds is 5. The van der Waals surface area contributed by atoms with Gasteiger partial charge in [-0.1, -0.05) is 0 Å². The van der Waals surface area contributed by atoms with Crippen LogP contribution in [0.25, 0.3) is 6.08 Å². The summed E-state index contributed by atoms with van der Waals surface area (Å²) in [5.74, 6) is 0.660. The maximum Gasteiger partial charge on any atom is 0.310 e. The number of likely N-dealkylation sites (tertiary alicyclic amines) is 1. The standard InChI is InChI=1S/C20H24N2O5S/c1-4-27-19(24)14-6-5-9-22(12-14)20-21-18(23)17(28-20)10-13-7-8-15(25-2)11-16(13)26-3/h7-8,10-11,14H,4-6,9,12H2,1-3H3/b17-10-/t14-/m1/s1. The van der Waals surface area contributed by atoms with Crippen molar-refractivity contribution in [3.05, 3.63) is 28.7 Å². The van der Waals surface area contributed by atoms with Crippen molar-refractivity contribution < 1.29 is 23.8 Å². The van der Waals surface area contributed by atoms with Gasteiger partial charge in [-0.25, -0.2) is 0 Å². The summed E-state index contributed by atoms with van der Waals surface area (Å²) in [6.07, 6.45) is 3.43. The van der Waals surface area contributed by atoms with Gasteiger partial charge in [0.2, 0.25) is 0 Å². The summed E-state index contributed by atoms with van der Waals surface area (Å²) in [6.45, 7) is 3.48. The first-order valence-electron chi connectivity index (χ1n) is 9.21. The summed E-state index contributed by atoms with van der Waals surface area (Å²) in [5, 5.41) is 0.637. The summed E-state index contributed by atoms with van der Waals surface area (Å²) in [5.41, 5.74) is 0.777. The van der Waals surface area contributed by atoms with E-state index in [9.17, 15) is 9.59 Å². The molecular formula is C20H24N2O5S. The summed E-state index contributed by atoms with van der Waals surface area (Å²) < 4.78 is 15.7. The second-order valence-electron chi connectivity index (χ2n) is 6.46. The number of nitrogens with zero attached hydrogens (tertiary/aromatic N) is 2. The van der Waals surface area contributed by atoms with Crippen LogP contribution in [0, 0.1) is 5.92 Å². The molecule has 28 heavy (non-hydrogen) atoms. The van der Waals surface area contributed by atoms with Gasteiger partial charge in [-0.15, -0.1) is 0 Å². The van der Waals surface area contributed by atoms with E-state index in [1.54, 1.807) is 33.3 Å². The first-order chi connectivity index (χ1) is 13.5. The van der Waals surface area contributed by atoms with Gasteiger partial charge < -0.3 is 19.1 Å². The van der Waals surface area contributed by atoms with E-state index in [0.717, 1.165) is 24.9 Å². The Bertz CT molecular complexity index is 821. The number of carbonyl (C=O) groups is 2. The highest BCUT2D eigenvalue weighted by Crippen LogP contribution is 2.35. The highest BCUT2D eigenvalue weighted by Gasteiger charge is 2.32. The lowest BCUT2D eigenvalue weighted by molar-refractivity contribution is -0.149. The van der Waals surface area contributed by atoms with Gasteiger partial charge in [0.05, 0.1) is 31.6 Å². The number of amides is 1. The zero-order chi connectivity index (χ0) is 20.1. The van der Waals surface area contributed by atoms with Gasteiger partial charge >= 0.3 is 5.97 Å². The average Bonchev–Trinajstić information content (AvgIpc) is 3.09. The van der Waals surface area contributed by atoms with Crippen LogP contribution in [0.15, 0.2) is 28.1 Å². The maximum absolute atomic E-state index is 12.4. The molecule has 1 atom stereocenters. The molecule has 1 amide bonds. The molecule has 2 heterocycles. The molecule has 150 valence electrons. The second-order valence-corrected chi connectivity index (χ2v) is 7.46. The fourth-order valence-electron chi connectivity index (χ4n) is 3.22. The van der Waals surface area contributed by atoms with E-state index < -0.39 is 0 Å². The monoisotopic (exact) mass is 404 g/mol. The molecule has 0 unspecified atom stereocenters. The molecule has 1 saturated heterocycles. The number of benzene rings is 1. The zero-order valence-corrected chi connectivity index (χ0v) is 17.1. The van der Waals surface area contributed by atoms with Crippen molar-refractivity contribution in [1.82, 2.24) is 4.90 Å². The molecular weight excluding hydrogens is 380 g/mol. The van der Waals surface area contributed by atoms with E-state index in [4.69, 9.17) is 14.2 Å². The Kier molecular flexibility index (Phi) is 6.61. The summed E-state index contributed by atoms with van der Waals surface area (Å²) in [7, 11) is 3.16. The molecule has 0 aromatic heterocycles. The topological polar surface area (TPSA) is 77.4 Å². The Morgan fingerprint density at radius 3 is 2.89 bits per heavy atom. The fraction of sp³-hybridized carbons (Fsp3) is 0.450.